The molecule has 0 aliphatic rings. The number of methoxy groups -OCH3 is 1. The van der Waals surface area contributed by atoms with E-state index in [-0.39, 0.29) is 0 Å². The first-order chi connectivity index (χ1) is 7.60. The standard InChI is InChI=1S/C12H16O3S/c1-8(12(13)14)7-9-5-4-6-10(16-3)11(9)15-2/h4-6,8H,7H2,1-3H3,(H,13,14). The molecule has 0 aliphatic heterocycles. The molecule has 0 heterocycles. The number of para-hydroxylation sites is 1. The summed E-state index contributed by atoms with van der Waals surface area (Å²) in [7, 11) is 1.62. The number of benzene rings is 1. The van der Waals surface area contributed by atoms with E-state index in [4.69, 9.17) is 9.84 Å². The molecule has 4 heteroatoms. The van der Waals surface area contributed by atoms with Crippen LogP contribution in [0, 0.1) is 5.92 Å². The van der Waals surface area contributed by atoms with Gasteiger partial charge in [0.2, 0.25) is 0 Å². The van der Waals surface area contributed by atoms with E-state index in [1.807, 2.05) is 24.5 Å². The van der Waals surface area contributed by atoms with E-state index in [1.165, 1.54) is 0 Å². The van der Waals surface area contributed by atoms with Crippen molar-refractivity contribution in [1.29, 1.82) is 0 Å². The number of carboxylic acids is 1. The molecule has 1 aromatic carbocycles. The van der Waals surface area contributed by atoms with Crippen LogP contribution in [0.2, 0.25) is 0 Å². The lowest BCUT2D eigenvalue weighted by atomic mass is 10.0. The summed E-state index contributed by atoms with van der Waals surface area (Å²) in [5.41, 5.74) is 0.948. The average molecular weight is 240 g/mol. The first-order valence-electron chi connectivity index (χ1n) is 5.02. The molecule has 0 saturated carbocycles. The molecule has 0 aliphatic carbocycles. The van der Waals surface area contributed by atoms with E-state index < -0.39 is 11.9 Å². The van der Waals surface area contributed by atoms with E-state index in [9.17, 15) is 4.79 Å². The fourth-order valence-electron chi connectivity index (χ4n) is 1.53. The van der Waals surface area contributed by atoms with Gasteiger partial charge in [0.25, 0.3) is 0 Å². The van der Waals surface area contributed by atoms with Crippen LogP contribution in [-0.2, 0) is 11.2 Å². The summed E-state index contributed by atoms with van der Waals surface area (Å²) in [4.78, 5) is 11.9. The highest BCUT2D eigenvalue weighted by Crippen LogP contribution is 2.32. The fraction of sp³-hybridized carbons (Fsp3) is 0.417. The van der Waals surface area contributed by atoms with E-state index in [2.05, 4.69) is 0 Å². The van der Waals surface area contributed by atoms with E-state index in [1.54, 1.807) is 25.8 Å². The number of hydrogen-bond acceptors (Lipinski definition) is 3. The van der Waals surface area contributed by atoms with Crippen molar-refractivity contribution in [3.8, 4) is 5.75 Å². The first kappa shape index (κ1) is 12.9. The van der Waals surface area contributed by atoms with Gasteiger partial charge in [0.15, 0.2) is 0 Å². The monoisotopic (exact) mass is 240 g/mol. The topological polar surface area (TPSA) is 46.5 Å². The van der Waals surface area contributed by atoms with Gasteiger partial charge in [-0.1, -0.05) is 19.1 Å². The molecule has 0 spiro atoms. The molecule has 1 aromatic rings. The molecule has 0 fully saturated rings. The van der Waals surface area contributed by atoms with Gasteiger partial charge in [0.05, 0.1) is 13.0 Å². The van der Waals surface area contributed by atoms with E-state index >= 15 is 0 Å². The smallest absolute Gasteiger partial charge is 0.306 e. The van der Waals surface area contributed by atoms with Crippen molar-refractivity contribution in [3.63, 3.8) is 0 Å². The lowest BCUT2D eigenvalue weighted by molar-refractivity contribution is -0.141. The Labute approximate surface area is 99.8 Å². The van der Waals surface area contributed by atoms with Crippen molar-refractivity contribution in [1.82, 2.24) is 0 Å². The number of carboxylic acid groups (broad SMARTS) is 1. The number of rotatable bonds is 5. The maximum atomic E-state index is 10.8. The zero-order valence-corrected chi connectivity index (χ0v) is 10.5. The van der Waals surface area contributed by atoms with Gasteiger partial charge < -0.3 is 9.84 Å². The second-order valence-electron chi connectivity index (χ2n) is 3.60. The minimum absolute atomic E-state index is 0.397. The summed E-state index contributed by atoms with van der Waals surface area (Å²) >= 11 is 1.60. The zero-order chi connectivity index (χ0) is 12.1. The minimum Gasteiger partial charge on any atom is -0.495 e. The molecule has 0 bridgehead atoms. The summed E-state index contributed by atoms with van der Waals surface area (Å²) in [5, 5.41) is 8.89. The predicted molar refractivity (Wildman–Crippen MR) is 65.3 cm³/mol. The molecule has 16 heavy (non-hydrogen) atoms. The molecule has 0 aromatic heterocycles. The average Bonchev–Trinajstić information content (AvgIpc) is 2.28. The maximum Gasteiger partial charge on any atom is 0.306 e. The molecular formula is C12H16O3S. The molecule has 0 saturated heterocycles. The maximum absolute atomic E-state index is 10.8. The number of ether oxygens (including phenoxy) is 1. The van der Waals surface area contributed by atoms with Gasteiger partial charge >= 0.3 is 5.97 Å². The lowest BCUT2D eigenvalue weighted by Gasteiger charge is -2.13. The Morgan fingerprint density at radius 3 is 2.75 bits per heavy atom. The van der Waals surface area contributed by atoms with Crippen LogP contribution in [0.4, 0.5) is 0 Å². The van der Waals surface area contributed by atoms with Crippen molar-refractivity contribution in [2.24, 2.45) is 5.92 Å². The Hall–Kier alpha value is -1.16. The first-order valence-corrected chi connectivity index (χ1v) is 6.25. The van der Waals surface area contributed by atoms with Crippen LogP contribution in [0.15, 0.2) is 23.1 Å². The van der Waals surface area contributed by atoms with Crippen molar-refractivity contribution in [2.45, 2.75) is 18.2 Å². The third kappa shape index (κ3) is 2.92. The van der Waals surface area contributed by atoms with Gasteiger partial charge in [-0.3, -0.25) is 4.79 Å². The van der Waals surface area contributed by atoms with E-state index in [0.29, 0.717) is 6.42 Å². The Morgan fingerprint density at radius 1 is 1.56 bits per heavy atom. The molecule has 1 atom stereocenters. The number of thioether (sulfide) groups is 1. The third-order valence-electron chi connectivity index (χ3n) is 2.43. The second-order valence-corrected chi connectivity index (χ2v) is 4.44. The van der Waals surface area contributed by atoms with E-state index in [0.717, 1.165) is 16.2 Å². The molecule has 1 rings (SSSR count). The van der Waals surface area contributed by atoms with Crippen LogP contribution in [-0.4, -0.2) is 24.4 Å². The SMILES string of the molecule is COc1c(CC(C)C(=O)O)cccc1SC. The molecule has 1 N–H and O–H groups in total. The number of carbonyl (C=O) groups is 1. The Bertz CT molecular complexity index is 377. The zero-order valence-electron chi connectivity index (χ0n) is 9.69. The van der Waals surface area contributed by atoms with Gasteiger partial charge in [-0.15, -0.1) is 11.8 Å². The van der Waals surface area contributed by atoms with Crippen molar-refractivity contribution in [2.75, 3.05) is 13.4 Å². The van der Waals surface area contributed by atoms with Gasteiger partial charge in [0.1, 0.15) is 5.75 Å². The van der Waals surface area contributed by atoms with Crippen LogP contribution in [0.1, 0.15) is 12.5 Å². The molecule has 1 unspecified atom stereocenters. The van der Waals surface area contributed by atoms with Crippen molar-refractivity contribution >= 4 is 17.7 Å². The lowest BCUT2D eigenvalue weighted by Crippen LogP contribution is -2.12. The highest BCUT2D eigenvalue weighted by atomic mass is 32.2. The van der Waals surface area contributed by atoms with Crippen LogP contribution >= 0.6 is 11.8 Å². The summed E-state index contributed by atoms with van der Waals surface area (Å²) < 4.78 is 5.33. The van der Waals surface area contributed by atoms with Gasteiger partial charge in [-0.25, -0.2) is 0 Å². The highest BCUT2D eigenvalue weighted by molar-refractivity contribution is 7.98. The largest absolute Gasteiger partial charge is 0.495 e. The number of hydrogen-bond donors (Lipinski definition) is 1. The molecule has 3 nitrogen and oxygen atoms in total. The molecule has 88 valence electrons. The summed E-state index contributed by atoms with van der Waals surface area (Å²) in [6, 6.07) is 5.81. The van der Waals surface area contributed by atoms with Crippen LogP contribution in [0.5, 0.6) is 5.75 Å². The summed E-state index contributed by atoms with van der Waals surface area (Å²) in [6.45, 7) is 1.70. The van der Waals surface area contributed by atoms with Crippen LogP contribution in [0.25, 0.3) is 0 Å². The van der Waals surface area contributed by atoms with Crippen molar-refractivity contribution < 1.29 is 14.6 Å². The fourth-order valence-corrected chi connectivity index (χ4v) is 2.15. The third-order valence-corrected chi connectivity index (χ3v) is 3.19. The minimum atomic E-state index is -0.781. The quantitative estimate of drug-likeness (QED) is 0.804. The normalized spacial score (nSPS) is 12.2. The molecular weight excluding hydrogens is 224 g/mol. The molecule has 0 radical (unpaired) electrons. The van der Waals surface area contributed by atoms with Crippen LogP contribution < -0.4 is 4.74 Å². The predicted octanol–water partition coefficient (Wildman–Crippen LogP) is 2.68. The van der Waals surface area contributed by atoms with Gasteiger partial charge in [0, 0.05) is 4.90 Å². The van der Waals surface area contributed by atoms with Crippen molar-refractivity contribution in [3.05, 3.63) is 23.8 Å². The van der Waals surface area contributed by atoms with Gasteiger partial charge in [-0.05, 0) is 24.3 Å². The molecule has 0 amide bonds. The Balaban J connectivity index is 2.99. The summed E-state index contributed by atoms with van der Waals surface area (Å²) in [6.07, 6.45) is 2.47. The Morgan fingerprint density at radius 2 is 2.25 bits per heavy atom. The second kappa shape index (κ2) is 5.80. The van der Waals surface area contributed by atoms with Gasteiger partial charge in [-0.2, -0.15) is 0 Å². The van der Waals surface area contributed by atoms with Crippen LogP contribution in [0.3, 0.4) is 0 Å². The Kier molecular flexibility index (Phi) is 4.68. The highest BCUT2D eigenvalue weighted by Gasteiger charge is 2.16. The summed E-state index contributed by atoms with van der Waals surface area (Å²) in [5.74, 6) is -0.384. The number of aliphatic carboxylic acids is 1.